The van der Waals surface area contributed by atoms with E-state index in [0.717, 1.165) is 12.1 Å². The van der Waals surface area contributed by atoms with Crippen LogP contribution in [0, 0.1) is 18.8 Å². The number of hydrogen-bond donors (Lipinski definition) is 1. The molecule has 1 aromatic heterocycles. The molecule has 1 N–H and O–H groups in total. The lowest BCUT2D eigenvalue weighted by Gasteiger charge is -2.14. The number of nitroso groups, excluding NO2 is 1. The van der Waals surface area contributed by atoms with Crippen molar-refractivity contribution < 1.29 is 27.4 Å². The second-order valence-electron chi connectivity index (χ2n) is 10.2. The van der Waals surface area contributed by atoms with Crippen LogP contribution in [0.15, 0.2) is 34.3 Å². The number of allylic oxidation sites excluding steroid dienone is 1. The zero-order chi connectivity index (χ0) is 33.0. The van der Waals surface area contributed by atoms with Crippen molar-refractivity contribution in [1.82, 2.24) is 4.98 Å². The van der Waals surface area contributed by atoms with E-state index in [2.05, 4.69) is 10.2 Å². The second kappa shape index (κ2) is 10.8. The smallest absolute Gasteiger partial charge is 0.293 e. The van der Waals surface area contributed by atoms with Crippen LogP contribution in [-0.4, -0.2) is 35.3 Å². The van der Waals surface area contributed by atoms with Gasteiger partial charge in [-0.15, -0.1) is 4.91 Å². The zero-order valence-corrected chi connectivity index (χ0v) is 27.7. The Balaban J connectivity index is 1.65. The normalized spacial score (nSPS) is 15.0. The van der Waals surface area contributed by atoms with E-state index >= 15 is 0 Å². The van der Waals surface area contributed by atoms with Crippen LogP contribution in [-0.2, 0) is 10.1 Å². The first-order valence-electron chi connectivity index (χ1n) is 12.5. The molecule has 6 rings (SSSR count). The number of Topliss-reactive ketones (excluding diaryl/α,β-unsaturated/α-hetero) is 3. The van der Waals surface area contributed by atoms with E-state index in [-0.39, 0.29) is 85.8 Å². The van der Waals surface area contributed by atoms with Crippen LogP contribution >= 0.6 is 69.6 Å². The van der Waals surface area contributed by atoms with Crippen molar-refractivity contribution in [3.8, 4) is 0 Å². The van der Waals surface area contributed by atoms with Gasteiger partial charge < -0.3 is 0 Å². The van der Waals surface area contributed by atoms with Gasteiger partial charge in [0.1, 0.15) is 11.6 Å². The van der Waals surface area contributed by atoms with Crippen LogP contribution in [0.3, 0.4) is 0 Å². The summed E-state index contributed by atoms with van der Waals surface area (Å²) in [6.45, 7) is 3.32. The topological polar surface area (TPSA) is 148 Å². The van der Waals surface area contributed by atoms with E-state index in [1.807, 2.05) is 0 Å². The van der Waals surface area contributed by atoms with Gasteiger partial charge in [0.05, 0.1) is 68.5 Å². The van der Waals surface area contributed by atoms with Gasteiger partial charge in [-0.2, -0.15) is 8.42 Å². The van der Waals surface area contributed by atoms with Crippen LogP contribution in [0.5, 0.6) is 0 Å². The summed E-state index contributed by atoms with van der Waals surface area (Å²) < 4.78 is 34.4. The van der Waals surface area contributed by atoms with Gasteiger partial charge in [-0.25, -0.2) is 4.98 Å². The Bertz CT molecular complexity index is 2270. The summed E-state index contributed by atoms with van der Waals surface area (Å²) >= 11 is 37.9. The third-order valence-corrected chi connectivity index (χ3v) is 11.5. The molecule has 0 fully saturated rings. The highest BCUT2D eigenvalue weighted by atomic mass is 35.5. The molecule has 0 bridgehead atoms. The number of pyridine rings is 1. The molecule has 0 aliphatic heterocycles. The molecular weight excluding hydrogens is 733 g/mol. The first kappa shape index (κ1) is 32.0. The van der Waals surface area contributed by atoms with E-state index in [4.69, 9.17) is 69.6 Å². The molecule has 1 heterocycles. The maximum absolute atomic E-state index is 13.8. The van der Waals surface area contributed by atoms with Gasteiger partial charge in [0.2, 0.25) is 0 Å². The van der Waals surface area contributed by atoms with Crippen molar-refractivity contribution in [3.63, 3.8) is 0 Å². The summed E-state index contributed by atoms with van der Waals surface area (Å²) in [4.78, 5) is 57.3. The van der Waals surface area contributed by atoms with Crippen LogP contribution < -0.4 is 0 Å². The van der Waals surface area contributed by atoms with Gasteiger partial charge in [0.25, 0.3) is 10.1 Å². The molecule has 0 saturated heterocycles. The summed E-state index contributed by atoms with van der Waals surface area (Å²) in [5.74, 6) is -4.27. The number of fused-ring (bicyclic) bond motifs is 3. The Morgan fingerprint density at radius 2 is 1.29 bits per heavy atom. The van der Waals surface area contributed by atoms with E-state index in [9.17, 15) is 32.3 Å². The highest BCUT2D eigenvalue weighted by Gasteiger charge is 2.46. The minimum atomic E-state index is -4.87. The number of rotatable bonds is 4. The first-order chi connectivity index (χ1) is 21.0. The lowest BCUT2D eigenvalue weighted by molar-refractivity contribution is 0.0889. The highest BCUT2D eigenvalue weighted by molar-refractivity contribution is 7.85. The maximum Gasteiger partial charge on any atom is 0.294 e. The Morgan fingerprint density at radius 1 is 0.756 bits per heavy atom. The van der Waals surface area contributed by atoms with E-state index < -0.39 is 38.3 Å². The maximum atomic E-state index is 13.8. The van der Waals surface area contributed by atoms with Gasteiger partial charge >= 0.3 is 0 Å². The van der Waals surface area contributed by atoms with E-state index in [1.165, 1.54) is 12.1 Å². The van der Waals surface area contributed by atoms with Gasteiger partial charge in [0.15, 0.2) is 17.3 Å². The number of hydrogen-bond acceptors (Lipinski definition) is 8. The van der Waals surface area contributed by atoms with Gasteiger partial charge in [-0.3, -0.25) is 18.9 Å². The third-order valence-electron chi connectivity index (χ3n) is 7.87. The molecule has 0 saturated carbocycles. The molecule has 2 aliphatic carbocycles. The van der Waals surface area contributed by atoms with Gasteiger partial charge in [0, 0.05) is 10.9 Å². The number of benzene rings is 3. The SMILES string of the molecule is Cc1c(C)c(Cl)c2c(c1Cl)C(=O)C(c1ccc3cc(S(=O)(=O)O)cc(C4C(=O)c5c(Cl)c(Cl)c(Cl)c(Cl)c5C4=O)c3n1)=C2N=O. The fourth-order valence-corrected chi connectivity index (χ4v) is 7.81. The van der Waals surface area contributed by atoms with Gasteiger partial charge in [-0.1, -0.05) is 75.7 Å². The fourth-order valence-electron chi connectivity index (χ4n) is 5.57. The van der Waals surface area contributed by atoms with Crippen LogP contribution in [0.4, 0.5) is 0 Å². The standard InChI is InChI=1S/C29H12Cl6N2O7S/c1-7-8(2)20(31)16-15(19(7)30)26(37-41)14(29(16)40)12-4-3-9-5-10(45(42,43)44)6-11(25(9)36-12)13-27(38)17-18(28(13)39)22(33)24(35)23(34)21(17)32/h3-6,13H,1-2H3,(H,42,43,44). The fraction of sp³-hybridized carbons (Fsp3) is 0.103. The molecule has 0 unspecified atom stereocenters. The second-order valence-corrected chi connectivity index (χ2v) is 13.9. The van der Waals surface area contributed by atoms with Crippen LogP contribution in [0.25, 0.3) is 22.2 Å². The molecule has 0 radical (unpaired) electrons. The molecule has 4 aromatic rings. The third kappa shape index (κ3) is 4.50. The van der Waals surface area contributed by atoms with Crippen LogP contribution in [0.2, 0.25) is 30.1 Å². The number of nitrogens with zero attached hydrogens (tertiary/aromatic N) is 2. The predicted octanol–water partition coefficient (Wildman–Crippen LogP) is 9.01. The number of halogens is 6. The molecule has 45 heavy (non-hydrogen) atoms. The predicted molar refractivity (Wildman–Crippen MR) is 172 cm³/mol. The number of ketones is 3. The van der Waals surface area contributed by atoms with Crippen molar-refractivity contribution >= 4 is 119 Å². The summed E-state index contributed by atoms with van der Waals surface area (Å²) in [7, 11) is -4.87. The molecule has 228 valence electrons. The molecule has 3 aromatic carbocycles. The number of carbonyl (C=O) groups is 3. The lowest BCUT2D eigenvalue weighted by Crippen LogP contribution is -2.15. The molecular formula is C29H12Cl6N2O7S. The van der Waals surface area contributed by atoms with Crippen molar-refractivity contribution in [2.75, 3.05) is 0 Å². The Kier molecular flexibility index (Phi) is 7.70. The Morgan fingerprint density at radius 3 is 1.80 bits per heavy atom. The van der Waals surface area contributed by atoms with E-state index in [1.54, 1.807) is 13.8 Å². The van der Waals surface area contributed by atoms with Crippen molar-refractivity contribution in [1.29, 1.82) is 0 Å². The van der Waals surface area contributed by atoms with Crippen molar-refractivity contribution in [2.45, 2.75) is 24.7 Å². The number of carbonyl (C=O) groups excluding carboxylic acids is 3. The minimum Gasteiger partial charge on any atom is -0.293 e. The monoisotopic (exact) mass is 742 g/mol. The average molecular weight is 745 g/mol. The summed E-state index contributed by atoms with van der Waals surface area (Å²) in [5.41, 5.74) is -0.786. The largest absolute Gasteiger partial charge is 0.294 e. The quantitative estimate of drug-likeness (QED) is 0.0716. The molecule has 2 aliphatic rings. The first-order valence-corrected chi connectivity index (χ1v) is 16.2. The summed E-state index contributed by atoms with van der Waals surface area (Å²) in [6, 6.07) is 4.57. The highest BCUT2D eigenvalue weighted by Crippen LogP contribution is 2.50. The lowest BCUT2D eigenvalue weighted by atomic mass is 9.91. The van der Waals surface area contributed by atoms with Crippen LogP contribution in [0.1, 0.15) is 64.9 Å². The number of aromatic nitrogens is 1. The van der Waals surface area contributed by atoms with Gasteiger partial charge in [-0.05, 0) is 53.9 Å². The molecule has 0 atom stereocenters. The van der Waals surface area contributed by atoms with Crippen molar-refractivity contribution in [3.05, 3.63) is 104 Å². The summed E-state index contributed by atoms with van der Waals surface area (Å²) in [6.07, 6.45) is 0. The molecule has 0 amide bonds. The Hall–Kier alpha value is -2.93. The van der Waals surface area contributed by atoms with Crippen molar-refractivity contribution in [2.24, 2.45) is 5.18 Å². The zero-order valence-electron chi connectivity index (χ0n) is 22.4. The molecule has 0 spiro atoms. The molecule has 16 heteroatoms. The minimum absolute atomic E-state index is 0.0262. The van der Waals surface area contributed by atoms with E-state index in [0.29, 0.717) is 11.1 Å². The molecule has 9 nitrogen and oxygen atoms in total. The summed E-state index contributed by atoms with van der Waals surface area (Å²) in [5, 5.41) is 2.05. The Labute approximate surface area is 283 Å². The average Bonchev–Trinajstić information content (AvgIpc) is 3.44.